The van der Waals surface area contributed by atoms with Gasteiger partial charge in [-0.25, -0.2) is 9.82 Å². The van der Waals surface area contributed by atoms with Crippen molar-refractivity contribution < 1.29 is 9.13 Å². The van der Waals surface area contributed by atoms with E-state index in [9.17, 15) is 4.39 Å². The van der Waals surface area contributed by atoms with Crippen LogP contribution < -0.4 is 16.0 Å². The van der Waals surface area contributed by atoms with Crippen molar-refractivity contribution in [1.82, 2.24) is 5.43 Å². The molecule has 0 spiro atoms. The highest BCUT2D eigenvalue weighted by Crippen LogP contribution is 2.36. The second-order valence-corrected chi connectivity index (χ2v) is 6.40. The number of methoxy groups -OCH3 is 1. The molecule has 1 unspecified atom stereocenters. The zero-order valence-corrected chi connectivity index (χ0v) is 14.9. The number of hydrogen-bond donors (Lipinski definition) is 2. The summed E-state index contributed by atoms with van der Waals surface area (Å²) in [5, 5.41) is 0.0174. The molecular weight excluding hydrogens is 426 g/mol. The summed E-state index contributed by atoms with van der Waals surface area (Å²) in [4.78, 5) is 0. The van der Waals surface area contributed by atoms with Gasteiger partial charge in [0.05, 0.1) is 18.2 Å². The highest BCUT2D eigenvalue weighted by Gasteiger charge is 2.22. The summed E-state index contributed by atoms with van der Waals surface area (Å²) in [6.07, 6.45) is 0. The van der Waals surface area contributed by atoms with Crippen LogP contribution in [0.5, 0.6) is 5.75 Å². The van der Waals surface area contributed by atoms with Crippen LogP contribution in [-0.2, 0) is 0 Å². The summed E-state index contributed by atoms with van der Waals surface area (Å²) in [6, 6.07) is 8.15. The third-order valence-corrected chi connectivity index (χ3v) is 4.80. The molecule has 0 aliphatic carbocycles. The SMILES string of the molecule is COc1cc(Br)ccc1C(NN)c1ccc(Br)c(Cl)c1F. The Kier molecular flexibility index (Phi) is 5.62. The first-order chi connectivity index (χ1) is 9.99. The van der Waals surface area contributed by atoms with E-state index in [1.165, 1.54) is 0 Å². The van der Waals surface area contributed by atoms with Crippen LogP contribution in [0.1, 0.15) is 17.2 Å². The van der Waals surface area contributed by atoms with Gasteiger partial charge in [-0.15, -0.1) is 0 Å². The van der Waals surface area contributed by atoms with Crippen molar-refractivity contribution in [3.05, 3.63) is 61.2 Å². The smallest absolute Gasteiger partial charge is 0.148 e. The van der Waals surface area contributed by atoms with Gasteiger partial charge < -0.3 is 4.74 Å². The number of nitrogens with two attached hydrogens (primary N) is 1. The maximum absolute atomic E-state index is 14.4. The molecule has 21 heavy (non-hydrogen) atoms. The van der Waals surface area contributed by atoms with E-state index in [1.54, 1.807) is 25.3 Å². The number of rotatable bonds is 4. The second kappa shape index (κ2) is 7.07. The Labute approximate surface area is 143 Å². The third-order valence-electron chi connectivity index (χ3n) is 3.05. The lowest BCUT2D eigenvalue weighted by atomic mass is 9.98. The maximum Gasteiger partial charge on any atom is 0.148 e. The summed E-state index contributed by atoms with van der Waals surface area (Å²) in [7, 11) is 1.55. The highest BCUT2D eigenvalue weighted by molar-refractivity contribution is 9.10. The Balaban J connectivity index is 2.57. The maximum atomic E-state index is 14.4. The number of halogens is 4. The van der Waals surface area contributed by atoms with E-state index < -0.39 is 11.9 Å². The van der Waals surface area contributed by atoms with Crippen LogP contribution in [-0.4, -0.2) is 7.11 Å². The average Bonchev–Trinajstić information content (AvgIpc) is 2.48. The Hall–Kier alpha value is -0.660. The van der Waals surface area contributed by atoms with Gasteiger partial charge in [0.15, 0.2) is 0 Å². The molecule has 0 saturated carbocycles. The summed E-state index contributed by atoms with van der Waals surface area (Å²) in [5.41, 5.74) is 3.66. The van der Waals surface area contributed by atoms with Crippen LogP contribution in [0.4, 0.5) is 4.39 Å². The van der Waals surface area contributed by atoms with Crippen LogP contribution in [0, 0.1) is 5.82 Å². The summed E-state index contributed by atoms with van der Waals surface area (Å²) >= 11 is 12.5. The van der Waals surface area contributed by atoms with Crippen molar-refractivity contribution in [2.45, 2.75) is 6.04 Å². The minimum atomic E-state index is -0.585. The van der Waals surface area contributed by atoms with Gasteiger partial charge in [0, 0.05) is 20.1 Å². The molecule has 0 aliphatic rings. The molecule has 0 amide bonds. The number of benzene rings is 2. The van der Waals surface area contributed by atoms with Crippen molar-refractivity contribution in [3.8, 4) is 5.75 Å². The van der Waals surface area contributed by atoms with E-state index in [0.29, 0.717) is 21.3 Å². The second-order valence-electron chi connectivity index (χ2n) is 4.25. The molecule has 0 radical (unpaired) electrons. The Morgan fingerprint density at radius 2 is 1.90 bits per heavy atom. The van der Waals surface area contributed by atoms with Gasteiger partial charge in [0.2, 0.25) is 0 Å². The molecule has 0 heterocycles. The Morgan fingerprint density at radius 1 is 1.24 bits per heavy atom. The molecule has 3 N–H and O–H groups in total. The highest BCUT2D eigenvalue weighted by atomic mass is 79.9. The summed E-state index contributed by atoms with van der Waals surface area (Å²) < 4.78 is 21.1. The number of hydrogen-bond acceptors (Lipinski definition) is 3. The van der Waals surface area contributed by atoms with Crippen molar-refractivity contribution in [1.29, 1.82) is 0 Å². The molecule has 0 aromatic heterocycles. The molecule has 0 fully saturated rings. The predicted octanol–water partition coefficient (Wildman–Crippen LogP) is 4.57. The topological polar surface area (TPSA) is 47.3 Å². The number of hydrazine groups is 1. The van der Waals surface area contributed by atoms with Crippen LogP contribution in [0.2, 0.25) is 5.02 Å². The van der Waals surface area contributed by atoms with E-state index in [2.05, 4.69) is 37.3 Å². The van der Waals surface area contributed by atoms with Crippen LogP contribution >= 0.6 is 43.5 Å². The monoisotopic (exact) mass is 436 g/mol. The summed E-state index contributed by atoms with van der Waals surface area (Å²) in [6.45, 7) is 0. The van der Waals surface area contributed by atoms with Gasteiger partial charge in [-0.1, -0.05) is 39.7 Å². The molecule has 2 aromatic rings. The third kappa shape index (κ3) is 3.40. The van der Waals surface area contributed by atoms with Gasteiger partial charge in [0.1, 0.15) is 11.6 Å². The van der Waals surface area contributed by atoms with Crippen molar-refractivity contribution >= 4 is 43.5 Å². The van der Waals surface area contributed by atoms with Crippen molar-refractivity contribution in [3.63, 3.8) is 0 Å². The van der Waals surface area contributed by atoms with E-state index in [1.807, 2.05) is 12.1 Å². The van der Waals surface area contributed by atoms with Crippen molar-refractivity contribution in [2.75, 3.05) is 7.11 Å². The first-order valence-corrected chi connectivity index (χ1v) is 7.89. The standard InChI is InChI=1S/C14H12Br2ClFN2O/c1-21-11-6-7(15)2-3-8(11)14(20-19)9-4-5-10(16)12(17)13(9)18/h2-6,14,20H,19H2,1H3. The van der Waals surface area contributed by atoms with E-state index in [0.717, 1.165) is 4.47 Å². The average molecular weight is 439 g/mol. The van der Waals surface area contributed by atoms with Crippen LogP contribution in [0.15, 0.2) is 39.3 Å². The lowest BCUT2D eigenvalue weighted by Crippen LogP contribution is -2.30. The molecular formula is C14H12Br2ClFN2O. The van der Waals surface area contributed by atoms with E-state index in [-0.39, 0.29) is 5.02 Å². The number of ether oxygens (including phenoxy) is 1. The van der Waals surface area contributed by atoms with Crippen LogP contribution in [0.25, 0.3) is 0 Å². The summed E-state index contributed by atoms with van der Waals surface area (Å²) in [5.74, 6) is 5.68. The fourth-order valence-corrected chi connectivity index (χ4v) is 2.85. The van der Waals surface area contributed by atoms with Crippen molar-refractivity contribution in [2.24, 2.45) is 5.84 Å². The molecule has 0 saturated heterocycles. The predicted molar refractivity (Wildman–Crippen MR) is 89.0 cm³/mol. The van der Waals surface area contributed by atoms with Crippen LogP contribution in [0.3, 0.4) is 0 Å². The molecule has 2 aromatic carbocycles. The van der Waals surface area contributed by atoms with E-state index in [4.69, 9.17) is 22.2 Å². The fourth-order valence-electron chi connectivity index (χ4n) is 2.03. The van der Waals surface area contributed by atoms with Gasteiger partial charge in [-0.2, -0.15) is 0 Å². The van der Waals surface area contributed by atoms with E-state index >= 15 is 0 Å². The minimum Gasteiger partial charge on any atom is -0.496 e. The fraction of sp³-hybridized carbons (Fsp3) is 0.143. The largest absolute Gasteiger partial charge is 0.496 e. The first-order valence-electron chi connectivity index (χ1n) is 5.92. The molecule has 1 atom stereocenters. The minimum absolute atomic E-state index is 0.0174. The van der Waals surface area contributed by atoms with Gasteiger partial charge in [0.25, 0.3) is 0 Å². The molecule has 112 valence electrons. The zero-order valence-electron chi connectivity index (χ0n) is 11.0. The molecule has 0 aliphatic heterocycles. The lowest BCUT2D eigenvalue weighted by molar-refractivity contribution is 0.403. The quantitative estimate of drug-likeness (QED) is 0.418. The van der Waals surface area contributed by atoms with Gasteiger partial charge >= 0.3 is 0 Å². The normalized spacial score (nSPS) is 12.3. The number of nitrogens with one attached hydrogen (secondary N) is 1. The van der Waals surface area contributed by atoms with Gasteiger partial charge in [-0.3, -0.25) is 5.84 Å². The molecule has 2 rings (SSSR count). The molecule has 3 nitrogen and oxygen atoms in total. The Bertz CT molecular complexity index is 670. The zero-order chi connectivity index (χ0) is 15.6. The molecule has 7 heteroatoms. The van der Waals surface area contributed by atoms with Gasteiger partial charge in [-0.05, 0) is 34.1 Å². The Morgan fingerprint density at radius 3 is 2.52 bits per heavy atom. The molecule has 0 bridgehead atoms. The first kappa shape index (κ1) is 16.7. The lowest BCUT2D eigenvalue weighted by Gasteiger charge is -2.21.